The van der Waals surface area contributed by atoms with E-state index in [9.17, 15) is 9.59 Å². The Morgan fingerprint density at radius 3 is 2.57 bits per heavy atom. The van der Waals surface area contributed by atoms with E-state index < -0.39 is 0 Å². The SMILES string of the molecule is COCCn1cc(NC(=O)N2CCN(C(C)=O)CC2)cn1. The van der Waals surface area contributed by atoms with Crippen LogP contribution in [0.2, 0.25) is 0 Å². The molecule has 1 aliphatic heterocycles. The van der Waals surface area contributed by atoms with Gasteiger partial charge in [-0.3, -0.25) is 9.48 Å². The Balaban J connectivity index is 1.82. The zero-order valence-corrected chi connectivity index (χ0v) is 12.4. The van der Waals surface area contributed by atoms with Gasteiger partial charge in [-0.25, -0.2) is 4.79 Å². The molecule has 0 radical (unpaired) electrons. The van der Waals surface area contributed by atoms with Crippen LogP contribution in [0.5, 0.6) is 0 Å². The second-order valence-electron chi connectivity index (χ2n) is 4.91. The minimum Gasteiger partial charge on any atom is -0.383 e. The highest BCUT2D eigenvalue weighted by atomic mass is 16.5. The molecule has 0 atom stereocenters. The molecule has 0 aliphatic carbocycles. The lowest BCUT2D eigenvalue weighted by molar-refractivity contribution is -0.130. The quantitative estimate of drug-likeness (QED) is 0.862. The molecule has 116 valence electrons. The summed E-state index contributed by atoms with van der Waals surface area (Å²) in [6.45, 7) is 5.01. The molecule has 21 heavy (non-hydrogen) atoms. The number of amides is 3. The van der Waals surface area contributed by atoms with Crippen molar-refractivity contribution < 1.29 is 14.3 Å². The van der Waals surface area contributed by atoms with Gasteiger partial charge in [0.2, 0.25) is 5.91 Å². The standard InChI is InChI=1S/C13H21N5O3/c1-11(19)16-3-5-17(6-4-16)13(20)15-12-9-14-18(10-12)7-8-21-2/h9-10H,3-8H2,1-2H3,(H,15,20). The minimum atomic E-state index is -0.163. The number of anilines is 1. The molecule has 1 N–H and O–H groups in total. The van der Waals surface area contributed by atoms with Gasteiger partial charge in [-0.15, -0.1) is 0 Å². The van der Waals surface area contributed by atoms with E-state index in [0.29, 0.717) is 45.0 Å². The summed E-state index contributed by atoms with van der Waals surface area (Å²) in [7, 11) is 1.63. The molecule has 3 amide bonds. The minimum absolute atomic E-state index is 0.0504. The monoisotopic (exact) mass is 295 g/mol. The predicted molar refractivity (Wildman–Crippen MR) is 76.9 cm³/mol. The first-order valence-corrected chi connectivity index (χ1v) is 6.93. The third-order valence-corrected chi connectivity index (χ3v) is 3.42. The number of nitrogens with zero attached hydrogens (tertiary/aromatic N) is 4. The molecule has 0 bridgehead atoms. The Hall–Kier alpha value is -2.09. The number of carbonyl (C=O) groups is 2. The highest BCUT2D eigenvalue weighted by molar-refractivity contribution is 5.89. The Labute approximate surface area is 123 Å². The number of urea groups is 1. The fraction of sp³-hybridized carbons (Fsp3) is 0.615. The summed E-state index contributed by atoms with van der Waals surface area (Å²) in [5, 5.41) is 6.95. The molecule has 2 rings (SSSR count). The van der Waals surface area contributed by atoms with Gasteiger partial charge in [0.15, 0.2) is 0 Å². The largest absolute Gasteiger partial charge is 0.383 e. The lowest BCUT2D eigenvalue weighted by Gasteiger charge is -2.34. The first-order valence-electron chi connectivity index (χ1n) is 6.93. The van der Waals surface area contributed by atoms with E-state index in [1.807, 2.05) is 0 Å². The van der Waals surface area contributed by atoms with E-state index in [2.05, 4.69) is 10.4 Å². The summed E-state index contributed by atoms with van der Waals surface area (Å²) in [5.41, 5.74) is 0.658. The van der Waals surface area contributed by atoms with E-state index in [1.54, 1.807) is 40.9 Å². The van der Waals surface area contributed by atoms with Gasteiger partial charge in [-0.2, -0.15) is 5.10 Å². The van der Waals surface area contributed by atoms with Crippen LogP contribution in [0.15, 0.2) is 12.4 Å². The first-order chi connectivity index (χ1) is 10.1. The van der Waals surface area contributed by atoms with Crippen LogP contribution < -0.4 is 5.32 Å². The number of rotatable bonds is 4. The summed E-state index contributed by atoms with van der Waals surface area (Å²) in [5.74, 6) is 0.0504. The average molecular weight is 295 g/mol. The molecule has 2 heterocycles. The van der Waals surface area contributed by atoms with Crippen LogP contribution in [0, 0.1) is 0 Å². The lowest BCUT2D eigenvalue weighted by Crippen LogP contribution is -2.51. The summed E-state index contributed by atoms with van der Waals surface area (Å²) in [6, 6.07) is -0.163. The zero-order valence-electron chi connectivity index (χ0n) is 12.4. The number of hydrogen-bond acceptors (Lipinski definition) is 4. The number of nitrogens with one attached hydrogen (secondary N) is 1. The van der Waals surface area contributed by atoms with E-state index in [4.69, 9.17) is 4.74 Å². The molecule has 1 fully saturated rings. The van der Waals surface area contributed by atoms with Crippen molar-refractivity contribution in [1.29, 1.82) is 0 Å². The van der Waals surface area contributed by atoms with Crippen molar-refractivity contribution in [3.8, 4) is 0 Å². The molecule has 0 spiro atoms. The number of hydrogen-bond donors (Lipinski definition) is 1. The van der Waals surface area contributed by atoms with Gasteiger partial charge in [0.25, 0.3) is 0 Å². The van der Waals surface area contributed by atoms with Crippen LogP contribution in [0.4, 0.5) is 10.5 Å². The number of aromatic nitrogens is 2. The number of carbonyl (C=O) groups excluding carboxylic acids is 2. The number of methoxy groups -OCH3 is 1. The second-order valence-corrected chi connectivity index (χ2v) is 4.91. The molecule has 1 aromatic rings. The van der Waals surface area contributed by atoms with Crippen molar-refractivity contribution in [3.05, 3.63) is 12.4 Å². The highest BCUT2D eigenvalue weighted by Gasteiger charge is 2.22. The molecule has 0 aromatic carbocycles. The van der Waals surface area contributed by atoms with Crippen LogP contribution in [-0.4, -0.2) is 71.4 Å². The molecule has 8 heteroatoms. The summed E-state index contributed by atoms with van der Waals surface area (Å²) >= 11 is 0. The van der Waals surface area contributed by atoms with Crippen molar-refractivity contribution in [1.82, 2.24) is 19.6 Å². The smallest absolute Gasteiger partial charge is 0.322 e. The van der Waals surface area contributed by atoms with Crippen LogP contribution in [0.3, 0.4) is 0 Å². The maximum absolute atomic E-state index is 12.1. The Morgan fingerprint density at radius 2 is 1.95 bits per heavy atom. The normalized spacial score (nSPS) is 15.1. The van der Waals surface area contributed by atoms with Gasteiger partial charge in [0.05, 0.1) is 25.0 Å². The number of piperazine rings is 1. The van der Waals surface area contributed by atoms with Crippen molar-refractivity contribution in [2.75, 3.05) is 45.2 Å². The van der Waals surface area contributed by atoms with Gasteiger partial charge < -0.3 is 19.9 Å². The van der Waals surface area contributed by atoms with Crippen molar-refractivity contribution in [2.45, 2.75) is 13.5 Å². The fourth-order valence-corrected chi connectivity index (χ4v) is 2.16. The fourth-order valence-electron chi connectivity index (χ4n) is 2.16. The highest BCUT2D eigenvalue weighted by Crippen LogP contribution is 2.08. The number of ether oxygens (including phenoxy) is 1. The Bertz CT molecular complexity index is 494. The molecule has 0 unspecified atom stereocenters. The summed E-state index contributed by atoms with van der Waals surface area (Å²) in [4.78, 5) is 26.8. The van der Waals surface area contributed by atoms with E-state index in [-0.39, 0.29) is 11.9 Å². The molecular weight excluding hydrogens is 274 g/mol. The molecular formula is C13H21N5O3. The van der Waals surface area contributed by atoms with Gasteiger partial charge in [-0.1, -0.05) is 0 Å². The first kappa shape index (κ1) is 15.3. The van der Waals surface area contributed by atoms with Crippen LogP contribution in [0.1, 0.15) is 6.92 Å². The molecule has 8 nitrogen and oxygen atoms in total. The Morgan fingerprint density at radius 1 is 1.29 bits per heavy atom. The van der Waals surface area contributed by atoms with E-state index in [1.165, 1.54) is 0 Å². The van der Waals surface area contributed by atoms with Crippen molar-refractivity contribution in [2.24, 2.45) is 0 Å². The summed E-state index contributed by atoms with van der Waals surface area (Å²) < 4.78 is 6.69. The van der Waals surface area contributed by atoms with Crippen LogP contribution >= 0.6 is 0 Å². The van der Waals surface area contributed by atoms with Gasteiger partial charge in [0, 0.05) is 46.4 Å². The van der Waals surface area contributed by atoms with Gasteiger partial charge in [-0.05, 0) is 0 Å². The third kappa shape index (κ3) is 4.19. The summed E-state index contributed by atoms with van der Waals surface area (Å²) in [6.07, 6.45) is 3.38. The van der Waals surface area contributed by atoms with E-state index in [0.717, 1.165) is 0 Å². The topological polar surface area (TPSA) is 79.7 Å². The molecule has 1 aromatic heterocycles. The van der Waals surface area contributed by atoms with Crippen LogP contribution in [-0.2, 0) is 16.1 Å². The second kappa shape index (κ2) is 7.07. The van der Waals surface area contributed by atoms with Crippen molar-refractivity contribution >= 4 is 17.6 Å². The van der Waals surface area contributed by atoms with Crippen molar-refractivity contribution in [3.63, 3.8) is 0 Å². The van der Waals surface area contributed by atoms with Crippen LogP contribution in [0.25, 0.3) is 0 Å². The van der Waals surface area contributed by atoms with E-state index >= 15 is 0 Å². The maximum atomic E-state index is 12.1. The molecule has 1 aliphatic rings. The maximum Gasteiger partial charge on any atom is 0.322 e. The lowest BCUT2D eigenvalue weighted by atomic mass is 10.3. The average Bonchev–Trinajstić information content (AvgIpc) is 2.92. The van der Waals surface area contributed by atoms with Gasteiger partial charge >= 0.3 is 6.03 Å². The predicted octanol–water partition coefficient (Wildman–Crippen LogP) is 0.226. The molecule has 0 saturated carbocycles. The molecule has 1 saturated heterocycles. The third-order valence-electron chi connectivity index (χ3n) is 3.42. The zero-order chi connectivity index (χ0) is 15.2. The van der Waals surface area contributed by atoms with Gasteiger partial charge in [0.1, 0.15) is 0 Å². The Kier molecular flexibility index (Phi) is 5.15.